The lowest BCUT2D eigenvalue weighted by atomic mass is 10.0. The van der Waals surface area contributed by atoms with E-state index >= 15 is 0 Å². The van der Waals surface area contributed by atoms with Crippen molar-refractivity contribution in [3.8, 4) is 5.75 Å². The van der Waals surface area contributed by atoms with Crippen molar-refractivity contribution in [3.05, 3.63) is 24.3 Å². The molecule has 134 valence electrons. The molecule has 1 fully saturated rings. The molecule has 1 amide bonds. The van der Waals surface area contributed by atoms with Crippen molar-refractivity contribution in [3.63, 3.8) is 0 Å². The molecule has 2 rings (SSSR count). The van der Waals surface area contributed by atoms with E-state index in [1.54, 1.807) is 12.1 Å². The predicted molar refractivity (Wildman–Crippen MR) is 89.5 cm³/mol. The number of hydrogen-bond acceptors (Lipinski definition) is 4. The van der Waals surface area contributed by atoms with Gasteiger partial charge in [0.2, 0.25) is 10.0 Å². The maximum absolute atomic E-state index is 11.4. The van der Waals surface area contributed by atoms with Gasteiger partial charge in [0.1, 0.15) is 5.75 Å². The second kappa shape index (κ2) is 6.98. The Labute approximate surface area is 142 Å². The van der Waals surface area contributed by atoms with E-state index in [9.17, 15) is 18.3 Å². The van der Waals surface area contributed by atoms with Crippen molar-refractivity contribution < 1.29 is 23.1 Å². The van der Waals surface area contributed by atoms with Gasteiger partial charge >= 0.3 is 6.09 Å². The largest absolute Gasteiger partial charge is 0.494 e. The third kappa shape index (κ3) is 4.39. The lowest BCUT2D eigenvalue weighted by Crippen LogP contribution is -2.46. The molecule has 0 radical (unpaired) electrons. The molecule has 1 heterocycles. The first-order valence-electron chi connectivity index (χ1n) is 7.89. The maximum Gasteiger partial charge on any atom is 0.407 e. The third-order valence-corrected chi connectivity index (χ3v) is 5.31. The molecule has 3 N–H and O–H groups in total. The summed E-state index contributed by atoms with van der Waals surface area (Å²) in [7, 11) is -3.75. The lowest BCUT2D eigenvalue weighted by Gasteiger charge is -2.33. The fourth-order valence-electron chi connectivity index (χ4n) is 3.20. The highest BCUT2D eigenvalue weighted by Crippen LogP contribution is 2.35. The summed E-state index contributed by atoms with van der Waals surface area (Å²) in [4.78, 5) is 13.0. The quantitative estimate of drug-likeness (QED) is 0.761. The van der Waals surface area contributed by atoms with E-state index in [2.05, 4.69) is 0 Å². The summed E-state index contributed by atoms with van der Waals surface area (Å²) in [6, 6.07) is 6.03. The van der Waals surface area contributed by atoms with E-state index in [0.717, 1.165) is 12.8 Å². The van der Waals surface area contributed by atoms with Gasteiger partial charge < -0.3 is 14.7 Å². The van der Waals surface area contributed by atoms with Gasteiger partial charge in [0.05, 0.1) is 11.5 Å². The Kier molecular flexibility index (Phi) is 5.39. The summed E-state index contributed by atoms with van der Waals surface area (Å²) in [5.41, 5.74) is -0.332. The molecule has 7 nitrogen and oxygen atoms in total. The van der Waals surface area contributed by atoms with E-state index in [-0.39, 0.29) is 16.5 Å². The number of carbonyl (C=O) groups is 1. The Morgan fingerprint density at radius 3 is 2.79 bits per heavy atom. The van der Waals surface area contributed by atoms with Gasteiger partial charge in [-0.05, 0) is 51.7 Å². The number of amides is 1. The average molecular weight is 356 g/mol. The molecule has 1 aliphatic rings. The summed E-state index contributed by atoms with van der Waals surface area (Å²) < 4.78 is 28.2. The minimum absolute atomic E-state index is 0.00291. The van der Waals surface area contributed by atoms with Crippen molar-refractivity contribution >= 4 is 16.1 Å². The van der Waals surface area contributed by atoms with Crippen LogP contribution in [0.5, 0.6) is 5.75 Å². The van der Waals surface area contributed by atoms with Crippen LogP contribution in [0.15, 0.2) is 29.2 Å². The zero-order valence-corrected chi connectivity index (χ0v) is 14.8. The first kappa shape index (κ1) is 18.5. The van der Waals surface area contributed by atoms with E-state index < -0.39 is 16.1 Å². The number of rotatable bonds is 6. The van der Waals surface area contributed by atoms with Crippen molar-refractivity contribution in [2.24, 2.45) is 5.14 Å². The zero-order valence-electron chi connectivity index (χ0n) is 13.9. The monoisotopic (exact) mass is 356 g/mol. The van der Waals surface area contributed by atoms with Gasteiger partial charge in [-0.15, -0.1) is 0 Å². The maximum atomic E-state index is 11.4. The van der Waals surface area contributed by atoms with Crippen molar-refractivity contribution in [1.29, 1.82) is 0 Å². The average Bonchev–Trinajstić information content (AvgIpc) is 2.78. The van der Waals surface area contributed by atoms with Crippen LogP contribution in [0, 0.1) is 0 Å². The normalized spacial score (nSPS) is 20.1. The van der Waals surface area contributed by atoms with Crippen LogP contribution >= 0.6 is 0 Å². The van der Waals surface area contributed by atoms with Crippen LogP contribution in [0.25, 0.3) is 0 Å². The van der Waals surface area contributed by atoms with Crippen LogP contribution in [-0.2, 0) is 10.0 Å². The first-order valence-corrected chi connectivity index (χ1v) is 9.44. The molecule has 8 heteroatoms. The van der Waals surface area contributed by atoms with Crippen LogP contribution in [0.1, 0.15) is 39.5 Å². The number of nitrogens with zero attached hydrogens (tertiary/aromatic N) is 1. The topological polar surface area (TPSA) is 110 Å². The Morgan fingerprint density at radius 1 is 1.46 bits per heavy atom. The van der Waals surface area contributed by atoms with E-state index in [4.69, 9.17) is 9.88 Å². The van der Waals surface area contributed by atoms with Crippen LogP contribution in [-0.4, -0.2) is 42.7 Å². The number of hydrogen-bond donors (Lipinski definition) is 2. The number of likely N-dealkylation sites (tertiary alicyclic amines) is 1. The minimum Gasteiger partial charge on any atom is -0.494 e. The summed E-state index contributed by atoms with van der Waals surface area (Å²) in [6.45, 7) is 4.27. The van der Waals surface area contributed by atoms with E-state index in [0.29, 0.717) is 25.2 Å². The predicted octanol–water partition coefficient (Wildman–Crippen LogP) is 2.41. The standard InChI is InChI=1S/C16H24N2O5S/c1-16(2)9-8-12(18(16)15(19)20)5-4-10-23-13-6-3-7-14(11-13)24(17,21)22/h3,6-7,11-12H,4-5,8-10H2,1-2H3,(H,19,20)(H2,17,21,22)/t12-/m1/s1. The number of ether oxygens (including phenoxy) is 1. The molecule has 1 aliphatic heterocycles. The molecule has 1 atom stereocenters. The molecule has 24 heavy (non-hydrogen) atoms. The number of sulfonamides is 1. The van der Waals surface area contributed by atoms with Gasteiger partial charge in [0, 0.05) is 17.6 Å². The van der Waals surface area contributed by atoms with Gasteiger partial charge in [0.15, 0.2) is 0 Å². The molecule has 1 aromatic rings. The molecule has 0 bridgehead atoms. The van der Waals surface area contributed by atoms with Gasteiger partial charge in [-0.2, -0.15) is 0 Å². The summed E-state index contributed by atoms with van der Waals surface area (Å²) in [6.07, 6.45) is 2.21. The molecular formula is C16H24N2O5S. The minimum atomic E-state index is -3.75. The summed E-state index contributed by atoms with van der Waals surface area (Å²) in [5.74, 6) is 0.434. The van der Waals surface area contributed by atoms with E-state index in [1.807, 2.05) is 13.8 Å². The number of primary sulfonamides is 1. The molecule has 0 unspecified atom stereocenters. The Bertz CT molecular complexity index is 702. The highest BCUT2D eigenvalue weighted by molar-refractivity contribution is 7.89. The molecule has 0 aromatic heterocycles. The van der Waals surface area contributed by atoms with Gasteiger partial charge in [-0.1, -0.05) is 6.07 Å². The summed E-state index contributed by atoms with van der Waals surface area (Å²) in [5, 5.41) is 14.5. The zero-order chi connectivity index (χ0) is 18.0. The second-order valence-corrected chi connectivity index (χ2v) is 8.23. The van der Waals surface area contributed by atoms with Crippen LogP contribution in [0.3, 0.4) is 0 Å². The van der Waals surface area contributed by atoms with Crippen molar-refractivity contribution in [2.45, 2.75) is 56.0 Å². The SMILES string of the molecule is CC1(C)CC[C@@H](CCCOc2cccc(S(N)(=O)=O)c2)N1C(=O)O. The fraction of sp³-hybridized carbons (Fsp3) is 0.562. The van der Waals surface area contributed by atoms with Gasteiger partial charge in [0.25, 0.3) is 0 Å². The van der Waals surface area contributed by atoms with Crippen molar-refractivity contribution in [1.82, 2.24) is 4.90 Å². The van der Waals surface area contributed by atoms with Crippen LogP contribution in [0.2, 0.25) is 0 Å². The van der Waals surface area contributed by atoms with E-state index in [1.165, 1.54) is 17.0 Å². The molecule has 0 saturated carbocycles. The fourth-order valence-corrected chi connectivity index (χ4v) is 3.75. The molecule has 1 saturated heterocycles. The molecule has 0 aliphatic carbocycles. The highest BCUT2D eigenvalue weighted by Gasteiger charge is 2.42. The van der Waals surface area contributed by atoms with Crippen molar-refractivity contribution in [2.75, 3.05) is 6.61 Å². The Balaban J connectivity index is 1.86. The number of benzene rings is 1. The summed E-state index contributed by atoms with van der Waals surface area (Å²) >= 11 is 0. The molecule has 0 spiro atoms. The number of nitrogens with two attached hydrogens (primary N) is 1. The smallest absolute Gasteiger partial charge is 0.407 e. The first-order chi connectivity index (χ1) is 11.1. The van der Waals surface area contributed by atoms with Crippen LogP contribution < -0.4 is 9.88 Å². The third-order valence-electron chi connectivity index (χ3n) is 4.40. The van der Waals surface area contributed by atoms with Gasteiger partial charge in [-0.3, -0.25) is 0 Å². The lowest BCUT2D eigenvalue weighted by molar-refractivity contribution is 0.0919. The molecular weight excluding hydrogens is 332 g/mol. The Hall–Kier alpha value is -1.80. The molecule has 1 aromatic carbocycles. The Morgan fingerprint density at radius 2 is 2.17 bits per heavy atom. The van der Waals surface area contributed by atoms with Gasteiger partial charge in [-0.25, -0.2) is 18.4 Å². The second-order valence-electron chi connectivity index (χ2n) is 6.67. The highest BCUT2D eigenvalue weighted by atomic mass is 32.2. The number of carboxylic acid groups (broad SMARTS) is 1. The van der Waals surface area contributed by atoms with Crippen LogP contribution in [0.4, 0.5) is 4.79 Å².